The van der Waals surface area contributed by atoms with Gasteiger partial charge in [0.25, 0.3) is 0 Å². The van der Waals surface area contributed by atoms with Crippen LogP contribution in [0.3, 0.4) is 0 Å². The lowest BCUT2D eigenvalue weighted by atomic mass is 9.86. The molecule has 1 aliphatic heterocycles. The number of amides is 2. The van der Waals surface area contributed by atoms with Crippen LogP contribution in [0.25, 0.3) is 0 Å². The van der Waals surface area contributed by atoms with Crippen LogP contribution in [0, 0.1) is 17.2 Å². The van der Waals surface area contributed by atoms with E-state index >= 15 is 0 Å². The number of hydrogen-bond donors (Lipinski definition) is 2. The summed E-state index contributed by atoms with van der Waals surface area (Å²) in [5.74, 6) is -2.93. The molecule has 148 valence electrons. The van der Waals surface area contributed by atoms with Gasteiger partial charge in [-0.2, -0.15) is 5.26 Å². The highest BCUT2D eigenvalue weighted by molar-refractivity contribution is 6.27. The van der Waals surface area contributed by atoms with Crippen molar-refractivity contribution in [2.24, 2.45) is 5.92 Å². The summed E-state index contributed by atoms with van der Waals surface area (Å²) < 4.78 is 0. The van der Waals surface area contributed by atoms with Gasteiger partial charge < -0.3 is 10.6 Å². The van der Waals surface area contributed by atoms with Crippen LogP contribution in [0.15, 0.2) is 48.5 Å². The molecule has 2 atom stereocenters. The second-order valence-electron chi connectivity index (χ2n) is 7.84. The van der Waals surface area contributed by atoms with E-state index in [0.717, 1.165) is 11.1 Å². The van der Waals surface area contributed by atoms with Crippen LogP contribution in [-0.4, -0.2) is 23.1 Å². The minimum absolute atomic E-state index is 0.178. The Bertz CT molecular complexity index is 1020. The monoisotopic (exact) mass is 389 g/mol. The molecule has 0 aromatic heterocycles. The highest BCUT2D eigenvalue weighted by Crippen LogP contribution is 2.28. The van der Waals surface area contributed by atoms with Crippen LogP contribution in [0.1, 0.15) is 43.4 Å². The molecule has 2 unspecified atom stereocenters. The van der Waals surface area contributed by atoms with Gasteiger partial charge in [-0.3, -0.25) is 14.4 Å². The first-order valence-corrected chi connectivity index (χ1v) is 9.50. The molecule has 2 aromatic rings. The molecule has 2 amide bonds. The zero-order valence-corrected chi connectivity index (χ0v) is 16.7. The summed E-state index contributed by atoms with van der Waals surface area (Å²) in [7, 11) is 0. The Hall–Kier alpha value is -3.46. The molecule has 0 radical (unpaired) electrons. The Balaban J connectivity index is 1.81. The van der Waals surface area contributed by atoms with Gasteiger partial charge >= 0.3 is 0 Å². The number of ketones is 1. The minimum atomic E-state index is -1.40. The van der Waals surface area contributed by atoms with Crippen molar-refractivity contribution >= 4 is 23.3 Å². The van der Waals surface area contributed by atoms with Gasteiger partial charge in [0.2, 0.25) is 11.8 Å². The van der Waals surface area contributed by atoms with Crippen LogP contribution in [-0.2, 0) is 20.8 Å². The lowest BCUT2D eigenvalue weighted by Gasteiger charge is -2.22. The van der Waals surface area contributed by atoms with Crippen molar-refractivity contribution in [3.63, 3.8) is 0 Å². The van der Waals surface area contributed by atoms with Gasteiger partial charge in [0.05, 0.1) is 11.6 Å². The van der Waals surface area contributed by atoms with E-state index in [1.807, 2.05) is 26.0 Å². The number of rotatable bonds is 5. The average Bonchev–Trinajstić information content (AvgIpc) is 2.90. The number of carbonyl (C=O) groups is 3. The molecule has 1 heterocycles. The van der Waals surface area contributed by atoms with Crippen molar-refractivity contribution in [3.8, 4) is 6.07 Å². The fraction of sp³-hybridized carbons (Fsp3) is 0.304. The van der Waals surface area contributed by atoms with E-state index in [9.17, 15) is 14.4 Å². The summed E-state index contributed by atoms with van der Waals surface area (Å²) in [5.41, 5.74) is 1.55. The van der Waals surface area contributed by atoms with Crippen LogP contribution in [0.5, 0.6) is 0 Å². The van der Waals surface area contributed by atoms with E-state index in [1.165, 1.54) is 0 Å². The van der Waals surface area contributed by atoms with Crippen LogP contribution < -0.4 is 10.6 Å². The summed E-state index contributed by atoms with van der Waals surface area (Å²) in [6, 6.07) is 16.3. The van der Waals surface area contributed by atoms with Gasteiger partial charge in [-0.1, -0.05) is 44.2 Å². The van der Waals surface area contributed by atoms with E-state index in [1.54, 1.807) is 43.3 Å². The molecular formula is C23H23N3O3. The van der Waals surface area contributed by atoms with E-state index in [2.05, 4.69) is 16.7 Å². The predicted octanol–water partition coefficient (Wildman–Crippen LogP) is 2.94. The lowest BCUT2D eigenvalue weighted by Crippen LogP contribution is -2.45. The fourth-order valence-corrected chi connectivity index (χ4v) is 3.69. The molecule has 0 saturated carbocycles. The zero-order valence-electron chi connectivity index (χ0n) is 16.7. The molecule has 1 aliphatic rings. The molecule has 0 aliphatic carbocycles. The predicted molar refractivity (Wildman–Crippen MR) is 109 cm³/mol. The number of anilines is 1. The van der Waals surface area contributed by atoms with E-state index in [4.69, 9.17) is 5.26 Å². The Morgan fingerprint density at radius 3 is 2.62 bits per heavy atom. The molecule has 6 nitrogen and oxygen atoms in total. The van der Waals surface area contributed by atoms with Crippen molar-refractivity contribution in [1.82, 2.24) is 5.32 Å². The first-order valence-electron chi connectivity index (χ1n) is 9.50. The van der Waals surface area contributed by atoms with Crippen molar-refractivity contribution in [2.45, 2.75) is 38.6 Å². The van der Waals surface area contributed by atoms with Gasteiger partial charge in [0.15, 0.2) is 11.7 Å². The van der Waals surface area contributed by atoms with E-state index in [-0.39, 0.29) is 12.3 Å². The van der Waals surface area contributed by atoms with Crippen molar-refractivity contribution in [2.75, 3.05) is 5.32 Å². The second kappa shape index (κ2) is 7.88. The summed E-state index contributed by atoms with van der Waals surface area (Å²) in [5, 5.41) is 14.5. The van der Waals surface area contributed by atoms with Gasteiger partial charge in [-0.15, -0.1) is 0 Å². The normalized spacial score (nSPS) is 21.0. The maximum absolute atomic E-state index is 13.0. The minimum Gasteiger partial charge on any atom is -0.342 e. The van der Waals surface area contributed by atoms with Crippen molar-refractivity contribution in [1.29, 1.82) is 5.26 Å². The topological polar surface area (TPSA) is 99.1 Å². The quantitative estimate of drug-likeness (QED) is 0.768. The van der Waals surface area contributed by atoms with E-state index in [0.29, 0.717) is 11.3 Å². The number of para-hydroxylation sites is 1. The number of Topliss-reactive ketones (excluding diaryl/α,β-unsaturated/α-hetero) is 1. The molecule has 2 aromatic carbocycles. The highest BCUT2D eigenvalue weighted by Gasteiger charge is 2.52. The molecule has 2 N–H and O–H groups in total. The number of hydrogen-bond acceptors (Lipinski definition) is 4. The fourth-order valence-electron chi connectivity index (χ4n) is 3.69. The van der Waals surface area contributed by atoms with Gasteiger partial charge in [-0.25, -0.2) is 0 Å². The molecule has 1 saturated heterocycles. The Morgan fingerprint density at radius 1 is 1.21 bits per heavy atom. The first kappa shape index (κ1) is 20.3. The maximum Gasteiger partial charge on any atom is 0.244 e. The largest absolute Gasteiger partial charge is 0.342 e. The summed E-state index contributed by atoms with van der Waals surface area (Å²) in [6.45, 7) is 5.62. The Morgan fingerprint density at radius 2 is 1.93 bits per heavy atom. The Kier molecular flexibility index (Phi) is 5.51. The summed E-state index contributed by atoms with van der Waals surface area (Å²) in [4.78, 5) is 38.4. The van der Waals surface area contributed by atoms with Crippen molar-refractivity contribution in [3.05, 3.63) is 65.2 Å². The number of nitrogens with zero attached hydrogens (tertiary/aromatic N) is 1. The third-order valence-corrected chi connectivity index (χ3v) is 5.18. The van der Waals surface area contributed by atoms with E-state index < -0.39 is 29.1 Å². The van der Waals surface area contributed by atoms with Crippen LogP contribution >= 0.6 is 0 Å². The smallest absolute Gasteiger partial charge is 0.244 e. The van der Waals surface area contributed by atoms with Gasteiger partial charge in [0.1, 0.15) is 5.54 Å². The third-order valence-electron chi connectivity index (χ3n) is 5.18. The SMILES string of the molecule is CC(C)c1ccccc1NC(=O)C1C(=O)NC(C)(Cc2cccc(C#N)c2)C1=O. The number of nitriles is 1. The maximum atomic E-state index is 13.0. The third kappa shape index (κ3) is 4.04. The molecule has 6 heteroatoms. The van der Waals surface area contributed by atoms with Crippen LogP contribution in [0.2, 0.25) is 0 Å². The molecule has 0 bridgehead atoms. The second-order valence-corrected chi connectivity index (χ2v) is 7.84. The molecule has 29 heavy (non-hydrogen) atoms. The molecule has 3 rings (SSSR count). The van der Waals surface area contributed by atoms with Crippen LogP contribution in [0.4, 0.5) is 5.69 Å². The molecule has 0 spiro atoms. The summed E-state index contributed by atoms with van der Waals surface area (Å²) >= 11 is 0. The zero-order chi connectivity index (χ0) is 21.2. The lowest BCUT2D eigenvalue weighted by molar-refractivity contribution is -0.135. The van der Waals surface area contributed by atoms with Gasteiger partial charge in [0, 0.05) is 12.1 Å². The average molecular weight is 389 g/mol. The molecule has 1 fully saturated rings. The summed E-state index contributed by atoms with van der Waals surface area (Å²) in [6.07, 6.45) is 0.208. The highest BCUT2D eigenvalue weighted by atomic mass is 16.2. The number of carbonyl (C=O) groups excluding carboxylic acids is 3. The standard InChI is InChI=1S/C23H23N3O3/c1-14(2)17-9-4-5-10-18(17)25-21(28)19-20(27)23(3,26-22(19)29)12-15-7-6-8-16(11-15)13-24/h4-11,14,19H,12H2,1-3H3,(H,25,28)(H,26,29). The first-order chi connectivity index (χ1) is 13.7. The number of benzene rings is 2. The van der Waals surface area contributed by atoms with Gasteiger partial charge in [-0.05, 0) is 42.2 Å². The number of nitrogens with one attached hydrogen (secondary N) is 2. The Labute approximate surface area is 169 Å². The molecular weight excluding hydrogens is 366 g/mol. The van der Waals surface area contributed by atoms with Crippen molar-refractivity contribution < 1.29 is 14.4 Å².